The lowest BCUT2D eigenvalue weighted by Gasteiger charge is -2.48. The first kappa shape index (κ1) is 18.0. The van der Waals surface area contributed by atoms with Gasteiger partial charge in [-0.3, -0.25) is 0 Å². The Morgan fingerprint density at radius 1 is 0.920 bits per heavy atom. The lowest BCUT2D eigenvalue weighted by molar-refractivity contribution is 0.292. The van der Waals surface area contributed by atoms with E-state index in [2.05, 4.69) is 81.1 Å². The second kappa shape index (κ2) is 7.64. The molecule has 1 nitrogen and oxygen atoms in total. The minimum atomic E-state index is 0.347. The first-order valence-corrected chi connectivity index (χ1v) is 10.1. The summed E-state index contributed by atoms with van der Waals surface area (Å²) in [5.74, 6) is 0. The molecule has 2 atom stereocenters. The van der Waals surface area contributed by atoms with Gasteiger partial charge in [0.05, 0.1) is 0 Å². The lowest BCUT2D eigenvalue weighted by Crippen LogP contribution is -2.44. The van der Waals surface area contributed by atoms with Crippen LogP contribution in [0.15, 0.2) is 48.5 Å². The van der Waals surface area contributed by atoms with Gasteiger partial charge in [-0.1, -0.05) is 69.5 Å². The lowest BCUT2D eigenvalue weighted by atomic mass is 9.66. The van der Waals surface area contributed by atoms with Crippen molar-refractivity contribution in [1.29, 1.82) is 0 Å². The number of benzene rings is 2. The average molecular weight is 336 g/mol. The predicted octanol–water partition coefficient (Wildman–Crippen LogP) is 7.15. The van der Waals surface area contributed by atoms with Crippen LogP contribution in [0.4, 0.5) is 11.4 Å². The summed E-state index contributed by atoms with van der Waals surface area (Å²) >= 11 is 0. The topological polar surface area (TPSA) is 3.24 Å². The maximum atomic E-state index is 2.59. The molecule has 1 aliphatic heterocycles. The van der Waals surface area contributed by atoms with Crippen LogP contribution in [-0.4, -0.2) is 6.04 Å². The van der Waals surface area contributed by atoms with Gasteiger partial charge < -0.3 is 4.90 Å². The van der Waals surface area contributed by atoms with E-state index in [0.29, 0.717) is 11.5 Å². The number of nitrogens with zero attached hydrogens (tertiary/aromatic N) is 1. The third-order valence-corrected chi connectivity index (χ3v) is 5.97. The van der Waals surface area contributed by atoms with Gasteiger partial charge in [0, 0.05) is 17.4 Å². The molecular weight excluding hydrogens is 302 g/mol. The summed E-state index contributed by atoms with van der Waals surface area (Å²) in [5, 5.41) is 0. The number of unbranched alkanes of at least 4 members (excludes halogenated alkanes) is 1. The Balaban J connectivity index is 2.13. The summed E-state index contributed by atoms with van der Waals surface area (Å²) in [5.41, 5.74) is 6.08. The van der Waals surface area contributed by atoms with Gasteiger partial charge in [-0.2, -0.15) is 0 Å². The van der Waals surface area contributed by atoms with Crippen molar-refractivity contribution >= 4 is 11.4 Å². The smallest absolute Gasteiger partial charge is 0.0451 e. The molecule has 0 saturated heterocycles. The van der Waals surface area contributed by atoms with Crippen molar-refractivity contribution in [3.05, 3.63) is 59.7 Å². The summed E-state index contributed by atoms with van der Waals surface area (Å²) in [6.45, 7) is 9.31. The van der Waals surface area contributed by atoms with E-state index in [1.54, 1.807) is 5.56 Å². The third kappa shape index (κ3) is 3.34. The van der Waals surface area contributed by atoms with Crippen molar-refractivity contribution in [2.24, 2.45) is 0 Å². The normalized spacial score (nSPS) is 22.7. The Hall–Kier alpha value is -1.76. The van der Waals surface area contributed by atoms with E-state index in [1.165, 1.54) is 55.5 Å². The van der Waals surface area contributed by atoms with Crippen molar-refractivity contribution < 1.29 is 0 Å². The first-order chi connectivity index (χ1) is 12.1. The van der Waals surface area contributed by atoms with E-state index in [-0.39, 0.29) is 0 Å². The molecule has 0 fully saturated rings. The minimum Gasteiger partial charge on any atom is -0.338 e. The predicted molar refractivity (Wildman–Crippen MR) is 110 cm³/mol. The molecule has 1 aliphatic rings. The van der Waals surface area contributed by atoms with Gasteiger partial charge in [-0.05, 0) is 61.8 Å². The van der Waals surface area contributed by atoms with Gasteiger partial charge in [0.15, 0.2) is 0 Å². The van der Waals surface area contributed by atoms with Gasteiger partial charge >= 0.3 is 0 Å². The number of fused-ring (bicyclic) bond motifs is 1. The van der Waals surface area contributed by atoms with E-state index < -0.39 is 0 Å². The molecular formula is C24H33N. The van der Waals surface area contributed by atoms with Gasteiger partial charge in [-0.15, -0.1) is 0 Å². The molecule has 0 bridgehead atoms. The fraction of sp³-hybridized carbons (Fsp3) is 0.500. The van der Waals surface area contributed by atoms with E-state index in [0.717, 1.165) is 0 Å². The Kier molecular flexibility index (Phi) is 5.51. The van der Waals surface area contributed by atoms with Crippen LogP contribution in [-0.2, 0) is 5.41 Å². The summed E-state index contributed by atoms with van der Waals surface area (Å²) in [6, 6.07) is 18.5. The van der Waals surface area contributed by atoms with E-state index in [9.17, 15) is 0 Å². The second-order valence-electron chi connectivity index (χ2n) is 7.86. The van der Waals surface area contributed by atoms with Crippen LogP contribution < -0.4 is 4.90 Å². The number of rotatable bonds is 6. The van der Waals surface area contributed by atoms with Crippen molar-refractivity contribution in [2.45, 2.75) is 77.7 Å². The number of hydrogen-bond donors (Lipinski definition) is 0. The largest absolute Gasteiger partial charge is 0.338 e. The van der Waals surface area contributed by atoms with Gasteiger partial charge in [0.1, 0.15) is 0 Å². The Labute approximate surface area is 154 Å². The van der Waals surface area contributed by atoms with Gasteiger partial charge in [-0.25, -0.2) is 0 Å². The highest BCUT2D eigenvalue weighted by Gasteiger charge is 2.41. The highest BCUT2D eigenvalue weighted by Crippen LogP contribution is 2.50. The van der Waals surface area contributed by atoms with E-state index in [1.807, 2.05) is 0 Å². The molecule has 1 heterocycles. The van der Waals surface area contributed by atoms with Crippen LogP contribution in [0.2, 0.25) is 0 Å². The molecule has 0 aromatic heterocycles. The van der Waals surface area contributed by atoms with Crippen LogP contribution in [0.3, 0.4) is 0 Å². The fourth-order valence-electron chi connectivity index (χ4n) is 4.93. The molecule has 2 unspecified atom stereocenters. The maximum absolute atomic E-state index is 2.59. The van der Waals surface area contributed by atoms with Crippen LogP contribution in [0.1, 0.15) is 70.4 Å². The Bertz CT molecular complexity index is 705. The molecule has 1 heteroatoms. The fourth-order valence-corrected chi connectivity index (χ4v) is 4.93. The van der Waals surface area contributed by atoms with Crippen LogP contribution in [0.25, 0.3) is 0 Å². The summed E-state index contributed by atoms with van der Waals surface area (Å²) in [7, 11) is 0. The summed E-state index contributed by atoms with van der Waals surface area (Å²) in [4.78, 5) is 2.59. The molecule has 0 radical (unpaired) electrons. The average Bonchev–Trinajstić information content (AvgIpc) is 2.62. The summed E-state index contributed by atoms with van der Waals surface area (Å²) in [6.07, 6.45) is 7.74. The molecule has 0 spiro atoms. The monoisotopic (exact) mass is 335 g/mol. The third-order valence-electron chi connectivity index (χ3n) is 5.97. The Morgan fingerprint density at radius 3 is 2.28 bits per heavy atom. The number of hydrogen-bond acceptors (Lipinski definition) is 1. The molecule has 0 saturated carbocycles. The molecule has 0 amide bonds. The standard InChI is InChI=1S/C24H33N/c1-5-7-17-24(16-6-2)18-20(4)25(22-14-10-8-12-19(22)3)23-15-11-9-13-21(23)24/h8-15,20H,5-7,16-18H2,1-4H3. The second-order valence-corrected chi connectivity index (χ2v) is 7.86. The zero-order valence-electron chi connectivity index (χ0n) is 16.4. The molecule has 0 N–H and O–H groups in total. The number of anilines is 2. The van der Waals surface area contributed by atoms with Crippen LogP contribution >= 0.6 is 0 Å². The molecule has 2 aromatic carbocycles. The first-order valence-electron chi connectivity index (χ1n) is 10.1. The van der Waals surface area contributed by atoms with Gasteiger partial charge in [0.25, 0.3) is 0 Å². The summed E-state index contributed by atoms with van der Waals surface area (Å²) < 4.78 is 0. The molecule has 3 rings (SSSR count). The van der Waals surface area contributed by atoms with Crippen LogP contribution in [0, 0.1) is 6.92 Å². The van der Waals surface area contributed by atoms with E-state index >= 15 is 0 Å². The molecule has 134 valence electrons. The highest BCUT2D eigenvalue weighted by atomic mass is 15.2. The van der Waals surface area contributed by atoms with Crippen molar-refractivity contribution in [3.63, 3.8) is 0 Å². The molecule has 25 heavy (non-hydrogen) atoms. The SMILES string of the molecule is CCCCC1(CCC)CC(C)N(c2ccccc2C)c2ccccc21. The molecule has 2 aromatic rings. The zero-order valence-corrected chi connectivity index (χ0v) is 16.4. The Morgan fingerprint density at radius 2 is 1.60 bits per heavy atom. The van der Waals surface area contributed by atoms with Crippen molar-refractivity contribution in [1.82, 2.24) is 0 Å². The minimum absolute atomic E-state index is 0.347. The molecule has 0 aliphatic carbocycles. The number of para-hydroxylation sites is 2. The quantitative estimate of drug-likeness (QED) is 0.541. The van der Waals surface area contributed by atoms with E-state index in [4.69, 9.17) is 0 Å². The van der Waals surface area contributed by atoms with Crippen LogP contribution in [0.5, 0.6) is 0 Å². The van der Waals surface area contributed by atoms with Crippen molar-refractivity contribution in [2.75, 3.05) is 4.90 Å². The number of aryl methyl sites for hydroxylation is 1. The van der Waals surface area contributed by atoms with Crippen molar-refractivity contribution in [3.8, 4) is 0 Å². The maximum Gasteiger partial charge on any atom is 0.0451 e. The highest BCUT2D eigenvalue weighted by molar-refractivity contribution is 5.72. The van der Waals surface area contributed by atoms with Gasteiger partial charge in [0.2, 0.25) is 0 Å². The zero-order chi connectivity index (χ0) is 17.9.